The first-order valence-corrected chi connectivity index (χ1v) is 6.27. The van der Waals surface area contributed by atoms with Crippen LogP contribution in [-0.4, -0.2) is 16.8 Å². The molecule has 0 radical (unpaired) electrons. The summed E-state index contributed by atoms with van der Waals surface area (Å²) in [6, 6.07) is 0.658. The predicted molar refractivity (Wildman–Crippen MR) is 66.8 cm³/mol. The van der Waals surface area contributed by atoms with Crippen molar-refractivity contribution in [3.63, 3.8) is 0 Å². The van der Waals surface area contributed by atoms with Crippen LogP contribution < -0.4 is 5.32 Å². The molecule has 0 bridgehead atoms. The largest absolute Gasteiger partial charge is 0.311 e. The first-order valence-electron chi connectivity index (χ1n) is 5.90. The van der Waals surface area contributed by atoms with E-state index in [0.29, 0.717) is 17.5 Å². The van der Waals surface area contributed by atoms with Gasteiger partial charge in [0, 0.05) is 6.04 Å². The van der Waals surface area contributed by atoms with E-state index >= 15 is 0 Å². The van der Waals surface area contributed by atoms with Gasteiger partial charge < -0.3 is 5.32 Å². The molecule has 1 aromatic rings. The Morgan fingerprint density at radius 3 is 2.56 bits per heavy atom. The summed E-state index contributed by atoms with van der Waals surface area (Å²) in [5.41, 5.74) is 1.49. The van der Waals surface area contributed by atoms with E-state index in [-0.39, 0.29) is 0 Å². The zero-order valence-electron chi connectivity index (χ0n) is 10.4. The highest BCUT2D eigenvalue weighted by Gasteiger charge is 2.46. The van der Waals surface area contributed by atoms with E-state index in [1.165, 1.54) is 12.8 Å². The van der Waals surface area contributed by atoms with Crippen molar-refractivity contribution in [3.8, 4) is 0 Å². The number of halogens is 1. The van der Waals surface area contributed by atoms with Crippen LogP contribution >= 0.6 is 11.6 Å². The standard InChI is InChI=1S/C12H20ClN3/c1-8(2)16-10(9(13)7-15-16)11(14-4)12(3)5-6-12/h7-8,11,14H,5-6H2,1-4H3. The van der Waals surface area contributed by atoms with Crippen molar-refractivity contribution in [2.24, 2.45) is 5.41 Å². The molecule has 3 nitrogen and oxygen atoms in total. The molecule has 0 amide bonds. The van der Waals surface area contributed by atoms with Crippen molar-refractivity contribution in [2.45, 2.75) is 45.7 Å². The third kappa shape index (κ3) is 1.87. The highest BCUT2D eigenvalue weighted by molar-refractivity contribution is 6.31. The van der Waals surface area contributed by atoms with Gasteiger partial charge in [-0.3, -0.25) is 4.68 Å². The maximum atomic E-state index is 6.27. The van der Waals surface area contributed by atoms with Gasteiger partial charge >= 0.3 is 0 Å². The molecule has 1 N–H and O–H groups in total. The Morgan fingerprint density at radius 2 is 2.12 bits per heavy atom. The fourth-order valence-electron chi connectivity index (χ4n) is 2.33. The molecule has 0 spiro atoms. The summed E-state index contributed by atoms with van der Waals surface area (Å²) in [6.07, 6.45) is 4.28. The molecular weight excluding hydrogens is 222 g/mol. The summed E-state index contributed by atoms with van der Waals surface area (Å²) in [6.45, 7) is 6.58. The van der Waals surface area contributed by atoms with E-state index in [1.54, 1.807) is 6.20 Å². The van der Waals surface area contributed by atoms with Crippen molar-refractivity contribution >= 4 is 11.6 Å². The van der Waals surface area contributed by atoms with Gasteiger partial charge in [0.2, 0.25) is 0 Å². The highest BCUT2D eigenvalue weighted by atomic mass is 35.5. The van der Waals surface area contributed by atoms with E-state index in [4.69, 9.17) is 11.6 Å². The van der Waals surface area contributed by atoms with Crippen LogP contribution in [0.4, 0.5) is 0 Å². The zero-order chi connectivity index (χ0) is 11.9. The average Bonchev–Trinajstić information content (AvgIpc) is 2.83. The van der Waals surface area contributed by atoms with Gasteiger partial charge in [0.1, 0.15) is 0 Å². The Kier molecular flexibility index (Phi) is 3.01. The molecular formula is C12H20ClN3. The van der Waals surface area contributed by atoms with Gasteiger partial charge in [-0.1, -0.05) is 18.5 Å². The summed E-state index contributed by atoms with van der Waals surface area (Å²) in [4.78, 5) is 0. The highest BCUT2D eigenvalue weighted by Crippen LogP contribution is 2.55. The van der Waals surface area contributed by atoms with E-state index in [2.05, 4.69) is 31.2 Å². The molecule has 1 aromatic heterocycles. The molecule has 1 saturated carbocycles. The van der Waals surface area contributed by atoms with Gasteiger partial charge in [0.05, 0.1) is 23.0 Å². The first kappa shape index (κ1) is 11.9. The van der Waals surface area contributed by atoms with E-state index < -0.39 is 0 Å². The minimum absolute atomic E-state index is 0.310. The summed E-state index contributed by atoms with van der Waals surface area (Å²) >= 11 is 6.27. The minimum atomic E-state index is 0.310. The van der Waals surface area contributed by atoms with Crippen LogP contribution in [0.25, 0.3) is 0 Å². The van der Waals surface area contributed by atoms with Crippen LogP contribution in [0.15, 0.2) is 6.20 Å². The lowest BCUT2D eigenvalue weighted by Gasteiger charge is -2.25. The molecule has 1 aliphatic carbocycles. The van der Waals surface area contributed by atoms with E-state index in [9.17, 15) is 0 Å². The van der Waals surface area contributed by atoms with Crippen molar-refractivity contribution < 1.29 is 0 Å². The molecule has 1 atom stereocenters. The predicted octanol–water partition coefficient (Wildman–Crippen LogP) is 3.18. The maximum absolute atomic E-state index is 6.27. The number of nitrogens with zero attached hydrogens (tertiary/aromatic N) is 2. The second-order valence-corrected chi connectivity index (χ2v) is 5.70. The number of aromatic nitrogens is 2. The Labute approximate surface area is 102 Å². The van der Waals surface area contributed by atoms with Crippen LogP contribution in [0.2, 0.25) is 5.02 Å². The average molecular weight is 242 g/mol. The molecule has 0 aromatic carbocycles. The monoisotopic (exact) mass is 241 g/mol. The van der Waals surface area contributed by atoms with Crippen LogP contribution in [-0.2, 0) is 0 Å². The lowest BCUT2D eigenvalue weighted by Crippen LogP contribution is -2.28. The SMILES string of the molecule is CNC(c1c(Cl)cnn1C(C)C)C1(C)CC1. The van der Waals surface area contributed by atoms with Crippen LogP contribution in [0.3, 0.4) is 0 Å². The van der Waals surface area contributed by atoms with Gasteiger partial charge in [0.15, 0.2) is 0 Å². The second-order valence-electron chi connectivity index (χ2n) is 5.29. The summed E-state index contributed by atoms with van der Waals surface area (Å²) in [5.74, 6) is 0. The maximum Gasteiger partial charge on any atom is 0.0834 e. The molecule has 0 saturated heterocycles. The number of nitrogens with one attached hydrogen (secondary N) is 1. The van der Waals surface area contributed by atoms with Crippen molar-refractivity contribution in [2.75, 3.05) is 7.05 Å². The molecule has 1 fully saturated rings. The molecule has 4 heteroatoms. The zero-order valence-corrected chi connectivity index (χ0v) is 11.2. The summed E-state index contributed by atoms with van der Waals surface area (Å²) in [5, 5.41) is 8.55. The molecule has 1 heterocycles. The van der Waals surface area contributed by atoms with Gasteiger partial charge in [-0.2, -0.15) is 5.10 Å². The number of rotatable bonds is 4. The third-order valence-corrected chi connectivity index (χ3v) is 3.87. The van der Waals surface area contributed by atoms with Crippen molar-refractivity contribution in [1.29, 1.82) is 0 Å². The smallest absolute Gasteiger partial charge is 0.0834 e. The minimum Gasteiger partial charge on any atom is -0.311 e. The molecule has 1 aliphatic rings. The van der Waals surface area contributed by atoms with Crippen LogP contribution in [0.5, 0.6) is 0 Å². The summed E-state index contributed by atoms with van der Waals surface area (Å²) in [7, 11) is 2.00. The Morgan fingerprint density at radius 1 is 1.50 bits per heavy atom. The normalized spacial score (nSPS) is 20.1. The van der Waals surface area contributed by atoms with Crippen LogP contribution in [0, 0.1) is 5.41 Å². The van der Waals surface area contributed by atoms with E-state index in [1.807, 2.05) is 11.7 Å². The third-order valence-electron chi connectivity index (χ3n) is 3.57. The number of hydrogen-bond acceptors (Lipinski definition) is 2. The summed E-state index contributed by atoms with van der Waals surface area (Å²) < 4.78 is 2.03. The van der Waals surface area contributed by atoms with Crippen molar-refractivity contribution in [3.05, 3.63) is 16.9 Å². The van der Waals surface area contributed by atoms with Gasteiger partial charge in [-0.05, 0) is 39.2 Å². The van der Waals surface area contributed by atoms with Gasteiger partial charge in [-0.25, -0.2) is 0 Å². The van der Waals surface area contributed by atoms with E-state index in [0.717, 1.165) is 10.7 Å². The molecule has 0 aliphatic heterocycles. The quantitative estimate of drug-likeness (QED) is 0.878. The second kappa shape index (κ2) is 4.04. The van der Waals surface area contributed by atoms with Gasteiger partial charge in [0.25, 0.3) is 0 Å². The molecule has 16 heavy (non-hydrogen) atoms. The molecule has 1 unspecified atom stereocenters. The first-order chi connectivity index (χ1) is 7.49. The molecule has 90 valence electrons. The van der Waals surface area contributed by atoms with Crippen molar-refractivity contribution in [1.82, 2.24) is 15.1 Å². The Balaban J connectivity index is 2.40. The fraction of sp³-hybridized carbons (Fsp3) is 0.750. The number of hydrogen-bond donors (Lipinski definition) is 1. The van der Waals surface area contributed by atoms with Crippen LogP contribution in [0.1, 0.15) is 51.4 Å². The topological polar surface area (TPSA) is 29.9 Å². The fourth-order valence-corrected chi connectivity index (χ4v) is 2.57. The van der Waals surface area contributed by atoms with Gasteiger partial charge in [-0.15, -0.1) is 0 Å². The Hall–Kier alpha value is -0.540. The molecule has 2 rings (SSSR count). The lowest BCUT2D eigenvalue weighted by molar-refractivity contribution is 0.353. The Bertz CT molecular complexity index is 380. The lowest BCUT2D eigenvalue weighted by atomic mass is 9.95.